The molecule has 0 aliphatic carbocycles. The van der Waals surface area contributed by atoms with Crippen LogP contribution < -0.4 is 11.2 Å². The van der Waals surface area contributed by atoms with Crippen LogP contribution in [-0.2, 0) is 26.7 Å². The summed E-state index contributed by atoms with van der Waals surface area (Å²) in [5.74, 6) is 7.06. The monoisotopic (exact) mass is 466 g/mol. The molecule has 1 fully saturated rings. The van der Waals surface area contributed by atoms with E-state index >= 15 is 0 Å². The van der Waals surface area contributed by atoms with Gasteiger partial charge in [0.15, 0.2) is 11.2 Å². The number of nitrogens with zero attached hydrogens (tertiary/aromatic N) is 8. The zero-order valence-corrected chi connectivity index (χ0v) is 20.6. The number of aromatic nitrogens is 6. The van der Waals surface area contributed by atoms with Crippen molar-refractivity contribution in [3.05, 3.63) is 33.2 Å². The number of imidazole rings is 1. The Balaban J connectivity index is 1.59. The first-order chi connectivity index (χ1) is 16.4. The summed E-state index contributed by atoms with van der Waals surface area (Å²) in [5, 5.41) is 4.43. The average Bonchev–Trinajstić information content (AvgIpc) is 3.43. The van der Waals surface area contributed by atoms with E-state index < -0.39 is 0 Å². The van der Waals surface area contributed by atoms with E-state index in [1.807, 2.05) is 27.1 Å². The second kappa shape index (κ2) is 10.4. The second-order valence-electron chi connectivity index (χ2n) is 8.92. The summed E-state index contributed by atoms with van der Waals surface area (Å²) < 4.78 is 6.49. The Kier molecular flexibility index (Phi) is 7.34. The molecule has 3 aromatic rings. The highest BCUT2D eigenvalue weighted by Crippen LogP contribution is 2.21. The van der Waals surface area contributed by atoms with Crippen LogP contribution in [0, 0.1) is 11.8 Å². The molecule has 4 rings (SSSR count). The molecule has 1 aliphatic heterocycles. The lowest BCUT2D eigenvalue weighted by Crippen LogP contribution is -2.44. The Labute approximate surface area is 199 Å². The molecule has 1 aliphatic rings. The van der Waals surface area contributed by atoms with Crippen LogP contribution in [0.5, 0.6) is 0 Å². The first-order valence-electron chi connectivity index (χ1n) is 12.0. The quantitative estimate of drug-likeness (QED) is 0.480. The number of hydrogen-bond donors (Lipinski definition) is 0. The van der Waals surface area contributed by atoms with Crippen molar-refractivity contribution in [3.63, 3.8) is 0 Å². The maximum Gasteiger partial charge on any atom is 0.332 e. The van der Waals surface area contributed by atoms with Crippen LogP contribution in [0.4, 0.5) is 0 Å². The van der Waals surface area contributed by atoms with E-state index in [0.29, 0.717) is 43.0 Å². The van der Waals surface area contributed by atoms with Crippen molar-refractivity contribution in [3.8, 4) is 23.2 Å². The van der Waals surface area contributed by atoms with E-state index in [-0.39, 0.29) is 11.2 Å². The SMILES string of the molecule is CCCn1c(=O)c2c(nc(-c3cnn(CC#CCN4CCN(C)CC4)c3)n2C)n(CCC)c1=O. The summed E-state index contributed by atoms with van der Waals surface area (Å²) >= 11 is 0. The predicted octanol–water partition coefficient (Wildman–Crippen LogP) is 0.831. The van der Waals surface area contributed by atoms with Gasteiger partial charge in [-0.2, -0.15) is 5.10 Å². The molecule has 0 bridgehead atoms. The van der Waals surface area contributed by atoms with Crippen LogP contribution >= 0.6 is 0 Å². The zero-order chi connectivity index (χ0) is 24.2. The van der Waals surface area contributed by atoms with Crippen molar-refractivity contribution in [2.24, 2.45) is 7.05 Å². The Morgan fingerprint density at radius 1 is 0.941 bits per heavy atom. The highest BCUT2D eigenvalue weighted by molar-refractivity contribution is 5.76. The Bertz CT molecular complexity index is 1330. The van der Waals surface area contributed by atoms with Crippen molar-refractivity contribution in [2.45, 2.75) is 46.3 Å². The lowest BCUT2D eigenvalue weighted by molar-refractivity contribution is 0.168. The minimum atomic E-state index is -0.294. The van der Waals surface area contributed by atoms with Crippen molar-refractivity contribution in [2.75, 3.05) is 39.8 Å². The lowest BCUT2D eigenvalue weighted by atomic mass is 10.3. The number of hydrogen-bond acceptors (Lipinski definition) is 6. The highest BCUT2D eigenvalue weighted by Gasteiger charge is 2.21. The number of rotatable bonds is 7. The van der Waals surface area contributed by atoms with E-state index in [4.69, 9.17) is 4.98 Å². The van der Waals surface area contributed by atoms with Crippen LogP contribution in [0.25, 0.3) is 22.6 Å². The summed E-state index contributed by atoms with van der Waals surface area (Å²) in [6.45, 7) is 10.4. The van der Waals surface area contributed by atoms with Gasteiger partial charge in [-0.25, -0.2) is 9.78 Å². The largest absolute Gasteiger partial charge is 0.332 e. The van der Waals surface area contributed by atoms with Gasteiger partial charge in [0.05, 0.1) is 18.3 Å². The Hall–Kier alpha value is -3.16. The molecule has 34 heavy (non-hydrogen) atoms. The van der Waals surface area contributed by atoms with Gasteiger partial charge >= 0.3 is 5.69 Å². The van der Waals surface area contributed by atoms with Gasteiger partial charge in [0, 0.05) is 52.5 Å². The molecule has 0 atom stereocenters. The average molecular weight is 467 g/mol. The molecular weight excluding hydrogens is 432 g/mol. The smallest absolute Gasteiger partial charge is 0.321 e. The number of fused-ring (bicyclic) bond motifs is 1. The molecule has 0 saturated carbocycles. The summed E-state index contributed by atoms with van der Waals surface area (Å²) in [7, 11) is 3.96. The van der Waals surface area contributed by atoms with Crippen LogP contribution in [0.3, 0.4) is 0 Å². The third-order valence-electron chi connectivity index (χ3n) is 6.29. The topological polar surface area (TPSA) is 86.1 Å². The van der Waals surface area contributed by atoms with E-state index in [1.54, 1.807) is 20.0 Å². The van der Waals surface area contributed by atoms with E-state index in [2.05, 4.69) is 33.8 Å². The third kappa shape index (κ3) is 4.72. The first-order valence-corrected chi connectivity index (χ1v) is 12.0. The number of likely N-dealkylation sites (N-methyl/N-ethyl adjacent to an activating group) is 1. The van der Waals surface area contributed by atoms with Gasteiger partial charge in [-0.15, -0.1) is 0 Å². The lowest BCUT2D eigenvalue weighted by Gasteiger charge is -2.30. The molecule has 10 nitrogen and oxygen atoms in total. The van der Waals surface area contributed by atoms with Gasteiger partial charge < -0.3 is 9.47 Å². The summed E-state index contributed by atoms with van der Waals surface area (Å²) in [6.07, 6.45) is 5.10. The van der Waals surface area contributed by atoms with Crippen molar-refractivity contribution in [1.29, 1.82) is 0 Å². The van der Waals surface area contributed by atoms with E-state index in [1.165, 1.54) is 4.57 Å². The maximum atomic E-state index is 13.1. The molecule has 10 heteroatoms. The molecule has 182 valence electrons. The Morgan fingerprint density at radius 2 is 1.62 bits per heavy atom. The fourth-order valence-corrected chi connectivity index (χ4v) is 4.34. The minimum Gasteiger partial charge on any atom is -0.321 e. The normalized spacial score (nSPS) is 15.1. The molecule has 0 N–H and O–H groups in total. The number of piperazine rings is 1. The minimum absolute atomic E-state index is 0.294. The summed E-state index contributed by atoms with van der Waals surface area (Å²) in [4.78, 5) is 35.5. The highest BCUT2D eigenvalue weighted by atomic mass is 16.2. The first kappa shape index (κ1) is 24.0. The summed E-state index contributed by atoms with van der Waals surface area (Å²) in [5.41, 5.74) is 1.07. The fourth-order valence-electron chi connectivity index (χ4n) is 4.34. The molecule has 3 aromatic heterocycles. The predicted molar refractivity (Wildman–Crippen MR) is 133 cm³/mol. The van der Waals surface area contributed by atoms with Crippen molar-refractivity contribution in [1.82, 2.24) is 38.3 Å². The fraction of sp³-hybridized carbons (Fsp3) is 0.583. The van der Waals surface area contributed by atoms with Gasteiger partial charge in [0.25, 0.3) is 5.56 Å². The van der Waals surface area contributed by atoms with Crippen LogP contribution in [-0.4, -0.2) is 78.0 Å². The molecule has 0 radical (unpaired) electrons. The van der Waals surface area contributed by atoms with Gasteiger partial charge in [-0.05, 0) is 19.9 Å². The molecule has 0 spiro atoms. The zero-order valence-electron chi connectivity index (χ0n) is 20.6. The molecule has 4 heterocycles. The van der Waals surface area contributed by atoms with E-state index in [9.17, 15) is 9.59 Å². The van der Waals surface area contributed by atoms with Crippen LogP contribution in [0.2, 0.25) is 0 Å². The van der Waals surface area contributed by atoms with Crippen LogP contribution in [0.1, 0.15) is 26.7 Å². The third-order valence-corrected chi connectivity index (χ3v) is 6.29. The van der Waals surface area contributed by atoms with Gasteiger partial charge in [-0.1, -0.05) is 25.7 Å². The molecule has 0 amide bonds. The van der Waals surface area contributed by atoms with Crippen molar-refractivity contribution < 1.29 is 0 Å². The Morgan fingerprint density at radius 3 is 2.32 bits per heavy atom. The van der Waals surface area contributed by atoms with Gasteiger partial charge in [0.1, 0.15) is 12.4 Å². The maximum absolute atomic E-state index is 13.1. The van der Waals surface area contributed by atoms with Crippen molar-refractivity contribution >= 4 is 11.2 Å². The van der Waals surface area contributed by atoms with E-state index in [0.717, 1.165) is 44.7 Å². The molecule has 0 aromatic carbocycles. The van der Waals surface area contributed by atoms with Gasteiger partial charge in [0.2, 0.25) is 0 Å². The molecule has 1 saturated heterocycles. The summed E-state index contributed by atoms with van der Waals surface area (Å²) in [6, 6.07) is 0. The molecular formula is C24H34N8O2. The molecule has 0 unspecified atom stereocenters. The second-order valence-corrected chi connectivity index (χ2v) is 8.92. The van der Waals surface area contributed by atoms with Crippen LogP contribution in [0.15, 0.2) is 22.0 Å². The van der Waals surface area contributed by atoms with Gasteiger partial charge in [-0.3, -0.25) is 23.5 Å². The number of aryl methyl sites for hydroxylation is 2. The standard InChI is InChI=1S/C24H34N8O2/c1-5-9-31-22-20(23(33)32(10-6-2)24(31)34)28(4)21(26-22)19-17-25-30(18-19)12-8-7-11-29-15-13-27(3)14-16-29/h17-18H,5-6,9-16H2,1-4H3.